The molecule has 0 saturated heterocycles. The molecular weight excluding hydrogens is 160 g/mol. The van der Waals surface area contributed by atoms with E-state index in [1.54, 1.807) is 0 Å². The van der Waals surface area contributed by atoms with E-state index in [0.717, 1.165) is 18.5 Å². The van der Waals surface area contributed by atoms with Gasteiger partial charge >= 0.3 is 0 Å². The highest BCUT2D eigenvalue weighted by atomic mass is 15.1. The van der Waals surface area contributed by atoms with Crippen molar-refractivity contribution in [3.63, 3.8) is 0 Å². The number of fused-ring (bicyclic) bond motifs is 1. The first-order valence-corrected chi connectivity index (χ1v) is 4.85. The van der Waals surface area contributed by atoms with Crippen molar-refractivity contribution in [2.75, 3.05) is 0 Å². The van der Waals surface area contributed by atoms with Crippen LogP contribution in [0.1, 0.15) is 42.6 Å². The smallest absolute Gasteiger partial charge is 0.0803 e. The maximum atomic E-state index is 5.39. The van der Waals surface area contributed by atoms with E-state index in [1.165, 1.54) is 24.1 Å². The van der Waals surface area contributed by atoms with Gasteiger partial charge in [-0.3, -0.25) is 5.10 Å². The number of terminal acetylenes is 1. The zero-order valence-electron chi connectivity index (χ0n) is 7.93. The summed E-state index contributed by atoms with van der Waals surface area (Å²) in [5.74, 6) is 2.89. The van der Waals surface area contributed by atoms with Crippen molar-refractivity contribution in [1.82, 2.24) is 10.2 Å². The SMILES string of the molecule is C#CC(C)c1n[nH]c2c1CCCC2. The number of aryl methyl sites for hydroxylation is 1. The minimum atomic E-state index is 0.151. The Morgan fingerprint density at radius 1 is 1.46 bits per heavy atom. The van der Waals surface area contributed by atoms with Gasteiger partial charge in [0.25, 0.3) is 0 Å². The Morgan fingerprint density at radius 3 is 3.00 bits per heavy atom. The first-order chi connectivity index (χ1) is 6.33. The standard InChI is InChI=1S/C11H14N2/c1-3-8(2)11-9-6-4-5-7-10(9)12-13-11/h1,8H,4-7H2,2H3,(H,12,13). The maximum Gasteiger partial charge on any atom is 0.0803 e. The van der Waals surface area contributed by atoms with Crippen LogP contribution < -0.4 is 0 Å². The van der Waals surface area contributed by atoms with E-state index in [0.29, 0.717) is 0 Å². The first kappa shape index (κ1) is 8.37. The molecule has 68 valence electrons. The van der Waals surface area contributed by atoms with Crippen molar-refractivity contribution in [2.45, 2.75) is 38.5 Å². The molecular formula is C11H14N2. The highest BCUT2D eigenvalue weighted by molar-refractivity contribution is 5.33. The Kier molecular flexibility index (Phi) is 2.10. The van der Waals surface area contributed by atoms with Crippen LogP contribution in [-0.4, -0.2) is 10.2 Å². The van der Waals surface area contributed by atoms with Gasteiger partial charge in [-0.05, 0) is 38.2 Å². The van der Waals surface area contributed by atoms with E-state index in [-0.39, 0.29) is 5.92 Å². The average Bonchev–Trinajstić information content (AvgIpc) is 2.60. The summed E-state index contributed by atoms with van der Waals surface area (Å²) in [7, 11) is 0. The summed E-state index contributed by atoms with van der Waals surface area (Å²) >= 11 is 0. The second-order valence-corrected chi connectivity index (χ2v) is 3.66. The molecule has 0 radical (unpaired) electrons. The number of nitrogens with zero attached hydrogens (tertiary/aromatic N) is 1. The molecule has 0 saturated carbocycles. The van der Waals surface area contributed by atoms with Crippen LogP contribution in [0.5, 0.6) is 0 Å². The summed E-state index contributed by atoms with van der Waals surface area (Å²) < 4.78 is 0. The lowest BCUT2D eigenvalue weighted by Crippen LogP contribution is -2.03. The highest BCUT2D eigenvalue weighted by Crippen LogP contribution is 2.26. The first-order valence-electron chi connectivity index (χ1n) is 4.85. The van der Waals surface area contributed by atoms with E-state index >= 15 is 0 Å². The van der Waals surface area contributed by atoms with Gasteiger partial charge in [-0.1, -0.05) is 5.92 Å². The third-order valence-corrected chi connectivity index (χ3v) is 2.75. The second kappa shape index (κ2) is 3.26. The molecule has 13 heavy (non-hydrogen) atoms. The molecule has 1 N–H and O–H groups in total. The monoisotopic (exact) mass is 174 g/mol. The molecule has 0 bridgehead atoms. The van der Waals surface area contributed by atoms with Crippen LogP contribution in [0, 0.1) is 12.3 Å². The Balaban J connectivity index is 2.38. The molecule has 2 nitrogen and oxygen atoms in total. The van der Waals surface area contributed by atoms with Gasteiger partial charge in [-0.2, -0.15) is 5.10 Å². The lowest BCUT2D eigenvalue weighted by atomic mass is 9.92. The van der Waals surface area contributed by atoms with Gasteiger partial charge in [0.2, 0.25) is 0 Å². The molecule has 0 spiro atoms. The molecule has 1 heterocycles. The number of hydrogen-bond acceptors (Lipinski definition) is 1. The van der Waals surface area contributed by atoms with Crippen LogP contribution in [-0.2, 0) is 12.8 Å². The van der Waals surface area contributed by atoms with Crippen LogP contribution in [0.25, 0.3) is 0 Å². The maximum absolute atomic E-state index is 5.39. The second-order valence-electron chi connectivity index (χ2n) is 3.66. The molecule has 2 heteroatoms. The molecule has 1 aromatic rings. The number of aromatic amines is 1. The number of rotatable bonds is 1. The van der Waals surface area contributed by atoms with Crippen LogP contribution in [0.15, 0.2) is 0 Å². The topological polar surface area (TPSA) is 28.7 Å². The van der Waals surface area contributed by atoms with Crippen molar-refractivity contribution in [3.05, 3.63) is 17.0 Å². The molecule has 0 aliphatic heterocycles. The van der Waals surface area contributed by atoms with Crippen molar-refractivity contribution in [2.24, 2.45) is 0 Å². The third-order valence-electron chi connectivity index (χ3n) is 2.75. The van der Waals surface area contributed by atoms with E-state index < -0.39 is 0 Å². The Labute approximate surface area is 78.7 Å². The minimum absolute atomic E-state index is 0.151. The molecule has 0 fully saturated rings. The van der Waals surface area contributed by atoms with Crippen molar-refractivity contribution >= 4 is 0 Å². The van der Waals surface area contributed by atoms with E-state index in [9.17, 15) is 0 Å². The molecule has 0 amide bonds. The molecule has 0 aromatic carbocycles. The summed E-state index contributed by atoms with van der Waals surface area (Å²) in [6.45, 7) is 2.03. The molecule has 2 rings (SSSR count). The Hall–Kier alpha value is -1.23. The number of hydrogen-bond donors (Lipinski definition) is 1. The van der Waals surface area contributed by atoms with Crippen LogP contribution >= 0.6 is 0 Å². The van der Waals surface area contributed by atoms with E-state index in [2.05, 4.69) is 16.1 Å². The van der Waals surface area contributed by atoms with Gasteiger partial charge < -0.3 is 0 Å². The van der Waals surface area contributed by atoms with Gasteiger partial charge in [0.15, 0.2) is 0 Å². The number of aromatic nitrogens is 2. The Bertz CT molecular complexity index is 343. The molecule has 1 aliphatic carbocycles. The largest absolute Gasteiger partial charge is 0.282 e. The van der Waals surface area contributed by atoms with Gasteiger partial charge in [-0.25, -0.2) is 0 Å². The highest BCUT2D eigenvalue weighted by Gasteiger charge is 2.19. The van der Waals surface area contributed by atoms with Crippen LogP contribution in [0.4, 0.5) is 0 Å². The van der Waals surface area contributed by atoms with Gasteiger partial charge in [-0.15, -0.1) is 6.42 Å². The number of nitrogens with one attached hydrogen (secondary N) is 1. The third kappa shape index (κ3) is 1.35. The normalized spacial score (nSPS) is 17.5. The van der Waals surface area contributed by atoms with Crippen molar-refractivity contribution < 1.29 is 0 Å². The predicted octanol–water partition coefficient (Wildman–Crippen LogP) is 2.03. The molecule has 1 atom stereocenters. The van der Waals surface area contributed by atoms with Gasteiger partial charge in [0.05, 0.1) is 11.6 Å². The molecule has 1 aliphatic rings. The Morgan fingerprint density at radius 2 is 2.23 bits per heavy atom. The summed E-state index contributed by atoms with van der Waals surface area (Å²) in [5, 5.41) is 7.40. The molecule has 1 unspecified atom stereocenters. The van der Waals surface area contributed by atoms with Gasteiger partial charge in [0.1, 0.15) is 0 Å². The van der Waals surface area contributed by atoms with E-state index in [1.807, 2.05) is 6.92 Å². The summed E-state index contributed by atoms with van der Waals surface area (Å²) in [6.07, 6.45) is 10.2. The summed E-state index contributed by atoms with van der Waals surface area (Å²) in [6, 6.07) is 0. The van der Waals surface area contributed by atoms with Crippen molar-refractivity contribution in [1.29, 1.82) is 0 Å². The number of H-pyrrole nitrogens is 1. The lowest BCUT2D eigenvalue weighted by Gasteiger charge is -2.11. The fourth-order valence-corrected chi connectivity index (χ4v) is 1.94. The van der Waals surface area contributed by atoms with Crippen LogP contribution in [0.2, 0.25) is 0 Å². The lowest BCUT2D eigenvalue weighted by molar-refractivity contribution is 0.671. The average molecular weight is 174 g/mol. The fraction of sp³-hybridized carbons (Fsp3) is 0.545. The minimum Gasteiger partial charge on any atom is -0.282 e. The summed E-state index contributed by atoms with van der Waals surface area (Å²) in [4.78, 5) is 0. The van der Waals surface area contributed by atoms with E-state index in [4.69, 9.17) is 6.42 Å². The van der Waals surface area contributed by atoms with Crippen LogP contribution in [0.3, 0.4) is 0 Å². The predicted molar refractivity (Wildman–Crippen MR) is 52.5 cm³/mol. The summed E-state index contributed by atoms with van der Waals surface area (Å²) in [5.41, 5.74) is 3.79. The van der Waals surface area contributed by atoms with Crippen molar-refractivity contribution in [3.8, 4) is 12.3 Å². The van der Waals surface area contributed by atoms with Gasteiger partial charge in [0, 0.05) is 5.69 Å². The molecule has 1 aromatic heterocycles. The zero-order chi connectivity index (χ0) is 9.26. The fourth-order valence-electron chi connectivity index (χ4n) is 1.94. The zero-order valence-corrected chi connectivity index (χ0v) is 7.93. The quantitative estimate of drug-likeness (QED) is 0.648.